The van der Waals surface area contributed by atoms with Crippen LogP contribution in [0, 0.1) is 5.92 Å². The van der Waals surface area contributed by atoms with Crippen molar-refractivity contribution in [3.63, 3.8) is 0 Å². The zero-order valence-corrected chi connectivity index (χ0v) is 12.6. The van der Waals surface area contributed by atoms with Gasteiger partial charge >= 0.3 is 0 Å². The summed E-state index contributed by atoms with van der Waals surface area (Å²) in [6, 6.07) is 5.58. The third-order valence-corrected chi connectivity index (χ3v) is 4.54. The van der Waals surface area contributed by atoms with E-state index in [1.807, 2.05) is 17.6 Å². The molecule has 0 amide bonds. The summed E-state index contributed by atoms with van der Waals surface area (Å²) in [6.07, 6.45) is 0.725. The number of hydrogen-bond donors (Lipinski definition) is 1. The maximum Gasteiger partial charge on any atom is 0.250 e. The van der Waals surface area contributed by atoms with E-state index in [0.717, 1.165) is 31.7 Å². The monoisotopic (exact) mass is 292 g/mol. The Bertz CT molecular complexity index is 543. The van der Waals surface area contributed by atoms with Crippen molar-refractivity contribution >= 4 is 0 Å². The fourth-order valence-corrected chi connectivity index (χ4v) is 3.75. The number of aliphatic hydroxyl groups is 1. The number of likely N-dealkylation sites (tertiary alicyclic amines) is 1. The molecule has 3 atom stereocenters. The molecule has 1 fully saturated rings. The predicted octanol–water partition coefficient (Wildman–Crippen LogP) is 0.665. The second-order valence-electron chi connectivity index (χ2n) is 6.23. The molecule has 3 heterocycles. The molecule has 5 nitrogen and oxygen atoms in total. The maximum atomic E-state index is 12.0. The van der Waals surface area contributed by atoms with E-state index >= 15 is 0 Å². The molecule has 1 N–H and O–H groups in total. The zero-order chi connectivity index (χ0) is 14.8. The molecule has 1 aromatic rings. The number of aromatic nitrogens is 1. The molecule has 0 spiro atoms. The van der Waals surface area contributed by atoms with Crippen molar-refractivity contribution in [3.05, 3.63) is 34.2 Å². The Morgan fingerprint density at radius 1 is 1.38 bits per heavy atom. The van der Waals surface area contributed by atoms with Crippen molar-refractivity contribution in [1.82, 2.24) is 9.47 Å². The second kappa shape index (κ2) is 6.30. The summed E-state index contributed by atoms with van der Waals surface area (Å²) in [5.41, 5.74) is 1.27. The number of pyridine rings is 1. The number of nitrogens with zero attached hydrogens (tertiary/aromatic N) is 2. The molecular weight excluding hydrogens is 268 g/mol. The predicted molar refractivity (Wildman–Crippen MR) is 80.5 cm³/mol. The van der Waals surface area contributed by atoms with Crippen LogP contribution in [-0.4, -0.2) is 53.5 Å². The summed E-state index contributed by atoms with van der Waals surface area (Å²) in [5.74, 6) is 0.918. The van der Waals surface area contributed by atoms with Crippen LogP contribution in [0.15, 0.2) is 23.0 Å². The molecule has 2 bridgehead atoms. The Labute approximate surface area is 125 Å². The lowest BCUT2D eigenvalue weighted by Crippen LogP contribution is -2.49. The molecule has 0 radical (unpaired) electrons. The molecule has 0 unspecified atom stereocenters. The highest BCUT2D eigenvalue weighted by atomic mass is 16.5. The molecule has 3 rings (SSSR count). The van der Waals surface area contributed by atoms with E-state index < -0.39 is 6.10 Å². The highest BCUT2D eigenvalue weighted by Gasteiger charge is 2.34. The van der Waals surface area contributed by atoms with Gasteiger partial charge in [-0.25, -0.2) is 0 Å². The highest BCUT2D eigenvalue weighted by molar-refractivity contribution is 5.16. The largest absolute Gasteiger partial charge is 0.389 e. The van der Waals surface area contributed by atoms with Crippen LogP contribution < -0.4 is 5.56 Å². The summed E-state index contributed by atoms with van der Waals surface area (Å²) in [4.78, 5) is 14.3. The molecule has 116 valence electrons. The van der Waals surface area contributed by atoms with Crippen molar-refractivity contribution in [2.45, 2.75) is 31.9 Å². The van der Waals surface area contributed by atoms with Crippen molar-refractivity contribution in [1.29, 1.82) is 0 Å². The van der Waals surface area contributed by atoms with Gasteiger partial charge in [0.25, 0.3) is 5.56 Å². The third kappa shape index (κ3) is 3.20. The van der Waals surface area contributed by atoms with Crippen LogP contribution in [0.5, 0.6) is 0 Å². The highest BCUT2D eigenvalue weighted by Crippen LogP contribution is 2.34. The van der Waals surface area contributed by atoms with Crippen molar-refractivity contribution in [3.8, 4) is 0 Å². The van der Waals surface area contributed by atoms with Gasteiger partial charge in [-0.1, -0.05) is 6.07 Å². The van der Waals surface area contributed by atoms with Crippen LogP contribution in [0.25, 0.3) is 0 Å². The number of fused-ring (bicyclic) bond motifs is 4. The molecule has 1 aromatic heterocycles. The smallest absolute Gasteiger partial charge is 0.250 e. The van der Waals surface area contributed by atoms with Gasteiger partial charge in [0.1, 0.15) is 0 Å². The van der Waals surface area contributed by atoms with Crippen LogP contribution >= 0.6 is 0 Å². The van der Waals surface area contributed by atoms with Gasteiger partial charge in [-0.05, 0) is 25.3 Å². The van der Waals surface area contributed by atoms with E-state index in [0.29, 0.717) is 31.6 Å². The molecule has 0 saturated carbocycles. The lowest BCUT2D eigenvalue weighted by atomic mass is 9.83. The number of hydrogen-bond acceptors (Lipinski definition) is 4. The summed E-state index contributed by atoms with van der Waals surface area (Å²) in [6.45, 7) is 6.32. The van der Waals surface area contributed by atoms with E-state index in [2.05, 4.69) is 11.0 Å². The van der Waals surface area contributed by atoms with Crippen LogP contribution in [0.3, 0.4) is 0 Å². The molecule has 1 saturated heterocycles. The van der Waals surface area contributed by atoms with Gasteiger partial charge in [0.05, 0.1) is 12.7 Å². The molecule has 0 aliphatic carbocycles. The molecule has 0 aromatic carbocycles. The van der Waals surface area contributed by atoms with Crippen LogP contribution in [0.1, 0.15) is 25.0 Å². The lowest BCUT2D eigenvalue weighted by Gasteiger charge is -2.43. The Hall–Kier alpha value is -1.17. The van der Waals surface area contributed by atoms with Crippen molar-refractivity contribution in [2.24, 2.45) is 5.92 Å². The number of ether oxygens (including phenoxy) is 1. The Morgan fingerprint density at radius 2 is 2.24 bits per heavy atom. The summed E-state index contributed by atoms with van der Waals surface area (Å²) < 4.78 is 7.22. The van der Waals surface area contributed by atoms with E-state index in [9.17, 15) is 9.90 Å². The van der Waals surface area contributed by atoms with Crippen LogP contribution in [-0.2, 0) is 11.3 Å². The topological polar surface area (TPSA) is 54.7 Å². The first-order chi connectivity index (χ1) is 10.2. The average Bonchev–Trinajstić information content (AvgIpc) is 2.46. The molecular formula is C16H24N2O3. The molecule has 2 aliphatic rings. The third-order valence-electron chi connectivity index (χ3n) is 4.54. The quantitative estimate of drug-likeness (QED) is 0.866. The standard InChI is InChI=1S/C16H24N2O3/c1-2-21-11-14(19)10-17-7-12-6-13(9-17)15-4-3-5-16(20)18(15)8-12/h3-5,12-14,19H,2,6-11H2,1H3/t12-,13+,14+/m0/s1. The average molecular weight is 292 g/mol. The van der Waals surface area contributed by atoms with E-state index in [4.69, 9.17) is 4.74 Å². The van der Waals surface area contributed by atoms with E-state index in [1.54, 1.807) is 6.07 Å². The van der Waals surface area contributed by atoms with Gasteiger partial charge in [-0.3, -0.25) is 9.69 Å². The van der Waals surface area contributed by atoms with Crippen LogP contribution in [0.4, 0.5) is 0 Å². The van der Waals surface area contributed by atoms with Gasteiger partial charge in [-0.15, -0.1) is 0 Å². The SMILES string of the molecule is CCOC[C@H](O)CN1C[C@@H]2C[C@H](C1)c1cccc(=O)n1C2. The maximum absolute atomic E-state index is 12.0. The summed E-state index contributed by atoms with van der Waals surface area (Å²) >= 11 is 0. The van der Waals surface area contributed by atoms with Crippen LogP contribution in [0.2, 0.25) is 0 Å². The summed E-state index contributed by atoms with van der Waals surface area (Å²) in [7, 11) is 0. The molecule has 21 heavy (non-hydrogen) atoms. The molecule has 5 heteroatoms. The van der Waals surface area contributed by atoms with E-state index in [1.165, 1.54) is 0 Å². The van der Waals surface area contributed by atoms with Gasteiger partial charge in [0, 0.05) is 50.5 Å². The number of rotatable bonds is 5. The number of piperidine rings is 1. The lowest BCUT2D eigenvalue weighted by molar-refractivity contribution is 0.00625. The first-order valence-corrected chi connectivity index (χ1v) is 7.85. The summed E-state index contributed by atoms with van der Waals surface area (Å²) in [5, 5.41) is 10.0. The minimum absolute atomic E-state index is 0.118. The fourth-order valence-electron chi connectivity index (χ4n) is 3.75. The molecule has 2 aliphatic heterocycles. The van der Waals surface area contributed by atoms with Gasteiger partial charge in [0.2, 0.25) is 0 Å². The van der Waals surface area contributed by atoms with E-state index in [-0.39, 0.29) is 5.56 Å². The zero-order valence-electron chi connectivity index (χ0n) is 12.6. The minimum atomic E-state index is -0.429. The van der Waals surface area contributed by atoms with Crippen molar-refractivity contribution in [2.75, 3.05) is 32.8 Å². The first-order valence-electron chi connectivity index (χ1n) is 7.85. The van der Waals surface area contributed by atoms with Gasteiger partial charge in [-0.2, -0.15) is 0 Å². The Balaban J connectivity index is 1.69. The Kier molecular flexibility index (Phi) is 4.42. The normalized spacial score (nSPS) is 26.4. The van der Waals surface area contributed by atoms with Crippen molar-refractivity contribution < 1.29 is 9.84 Å². The first kappa shape index (κ1) is 14.8. The Morgan fingerprint density at radius 3 is 3.05 bits per heavy atom. The van der Waals surface area contributed by atoms with Gasteiger partial charge < -0.3 is 14.4 Å². The fraction of sp³-hybridized carbons (Fsp3) is 0.688. The number of aliphatic hydroxyl groups excluding tert-OH is 1. The second-order valence-corrected chi connectivity index (χ2v) is 6.23. The van der Waals surface area contributed by atoms with Gasteiger partial charge in [0.15, 0.2) is 0 Å². The minimum Gasteiger partial charge on any atom is -0.389 e. The number of β-amino-alcohol motifs (C(OH)–C–C–N with tert-alkyl or cyclic N) is 1.